The summed E-state index contributed by atoms with van der Waals surface area (Å²) in [5, 5.41) is 4.83. The molecule has 0 spiro atoms. The van der Waals surface area contributed by atoms with E-state index in [0.29, 0.717) is 19.4 Å². The lowest BCUT2D eigenvalue weighted by molar-refractivity contribution is -0.124. The second-order valence-electron chi connectivity index (χ2n) is 7.42. The fourth-order valence-corrected chi connectivity index (χ4v) is 5.58. The molecule has 29 heavy (non-hydrogen) atoms. The quantitative estimate of drug-likeness (QED) is 0.697. The smallest absolute Gasteiger partial charge is 0.243 e. The molecule has 1 saturated heterocycles. The van der Waals surface area contributed by atoms with E-state index >= 15 is 0 Å². The number of amides is 1. The van der Waals surface area contributed by atoms with Gasteiger partial charge in [0.1, 0.15) is 6.04 Å². The van der Waals surface area contributed by atoms with E-state index in [2.05, 4.69) is 5.32 Å². The lowest BCUT2D eigenvalue weighted by Crippen LogP contribution is -2.46. The van der Waals surface area contributed by atoms with E-state index in [1.165, 1.54) is 4.31 Å². The highest BCUT2D eigenvalue weighted by Crippen LogP contribution is 2.28. The van der Waals surface area contributed by atoms with Gasteiger partial charge < -0.3 is 5.32 Å². The standard InChI is InChI=1S/C23H24N2O3S/c1-17(18-8-3-2-4-9-18)24-23(26)22-12-7-15-25(22)29(27,28)21-14-13-19-10-5-6-11-20(19)16-21/h2-6,8-11,13-14,16-17,22H,7,12,15H2,1H3,(H,24,26)/t17-,22-/m1/s1. The summed E-state index contributed by atoms with van der Waals surface area (Å²) >= 11 is 0. The van der Waals surface area contributed by atoms with E-state index in [4.69, 9.17) is 0 Å². The maximum Gasteiger partial charge on any atom is 0.243 e. The minimum Gasteiger partial charge on any atom is -0.348 e. The number of nitrogens with zero attached hydrogens (tertiary/aromatic N) is 1. The molecule has 0 bridgehead atoms. The first-order valence-electron chi connectivity index (χ1n) is 9.83. The summed E-state index contributed by atoms with van der Waals surface area (Å²) < 4.78 is 27.9. The van der Waals surface area contributed by atoms with Gasteiger partial charge in [-0.1, -0.05) is 60.7 Å². The van der Waals surface area contributed by atoms with Crippen molar-refractivity contribution < 1.29 is 13.2 Å². The molecule has 0 aromatic heterocycles. The zero-order chi connectivity index (χ0) is 20.4. The maximum absolute atomic E-state index is 13.3. The number of hydrogen-bond acceptors (Lipinski definition) is 3. The molecule has 5 nitrogen and oxygen atoms in total. The third kappa shape index (κ3) is 3.91. The van der Waals surface area contributed by atoms with Crippen molar-refractivity contribution in [3.63, 3.8) is 0 Å². The van der Waals surface area contributed by atoms with Crippen molar-refractivity contribution in [3.05, 3.63) is 78.4 Å². The number of benzene rings is 3. The van der Waals surface area contributed by atoms with E-state index in [-0.39, 0.29) is 16.8 Å². The zero-order valence-electron chi connectivity index (χ0n) is 16.3. The van der Waals surface area contributed by atoms with E-state index in [9.17, 15) is 13.2 Å². The maximum atomic E-state index is 13.3. The van der Waals surface area contributed by atoms with Crippen LogP contribution in [0.3, 0.4) is 0 Å². The predicted octanol–water partition coefficient (Wildman–Crippen LogP) is 3.87. The molecule has 6 heteroatoms. The number of carbonyl (C=O) groups excluding carboxylic acids is 1. The summed E-state index contributed by atoms with van der Waals surface area (Å²) in [4.78, 5) is 13.1. The molecule has 1 aliphatic rings. The summed E-state index contributed by atoms with van der Waals surface area (Å²) in [6, 6.07) is 21.6. The molecule has 150 valence electrons. The Hall–Kier alpha value is -2.70. The van der Waals surface area contributed by atoms with Crippen LogP contribution in [0.4, 0.5) is 0 Å². The Bertz CT molecular complexity index is 1130. The second-order valence-corrected chi connectivity index (χ2v) is 9.31. The van der Waals surface area contributed by atoms with Crippen molar-refractivity contribution in [2.45, 2.75) is 36.7 Å². The molecule has 1 N–H and O–H groups in total. The molecule has 1 heterocycles. The summed E-state index contributed by atoms with van der Waals surface area (Å²) in [5.74, 6) is -0.247. The summed E-state index contributed by atoms with van der Waals surface area (Å²) in [5.41, 5.74) is 0.989. The van der Waals surface area contributed by atoms with Gasteiger partial charge in [-0.3, -0.25) is 4.79 Å². The van der Waals surface area contributed by atoms with E-state index in [1.807, 2.05) is 67.6 Å². The highest BCUT2D eigenvalue weighted by atomic mass is 32.2. The predicted molar refractivity (Wildman–Crippen MR) is 114 cm³/mol. The molecule has 1 fully saturated rings. The molecule has 1 aliphatic heterocycles. The highest BCUT2D eigenvalue weighted by Gasteiger charge is 2.39. The first kappa shape index (κ1) is 19.6. The average Bonchev–Trinajstić information content (AvgIpc) is 3.25. The number of hydrogen-bond donors (Lipinski definition) is 1. The average molecular weight is 409 g/mol. The van der Waals surface area contributed by atoms with Gasteiger partial charge in [0.15, 0.2) is 0 Å². The first-order chi connectivity index (χ1) is 14.0. The molecule has 0 radical (unpaired) electrons. The number of carbonyl (C=O) groups is 1. The minimum atomic E-state index is -3.75. The van der Waals surface area contributed by atoms with Crippen LogP contribution in [0.2, 0.25) is 0 Å². The highest BCUT2D eigenvalue weighted by molar-refractivity contribution is 7.89. The summed E-state index contributed by atoms with van der Waals surface area (Å²) in [7, 11) is -3.75. The van der Waals surface area contributed by atoms with Crippen LogP contribution in [0, 0.1) is 0 Å². The summed E-state index contributed by atoms with van der Waals surface area (Å²) in [6.45, 7) is 2.26. The van der Waals surface area contributed by atoms with E-state index in [0.717, 1.165) is 16.3 Å². The van der Waals surface area contributed by atoms with Crippen molar-refractivity contribution in [2.75, 3.05) is 6.54 Å². The molecule has 1 amide bonds. The topological polar surface area (TPSA) is 66.5 Å². The zero-order valence-corrected chi connectivity index (χ0v) is 17.1. The van der Waals surface area contributed by atoms with Crippen LogP contribution in [-0.4, -0.2) is 31.2 Å². The van der Waals surface area contributed by atoms with Crippen molar-refractivity contribution in [1.29, 1.82) is 0 Å². The Kier molecular flexibility index (Phi) is 5.39. The molecule has 0 saturated carbocycles. The van der Waals surface area contributed by atoms with Crippen LogP contribution in [0.5, 0.6) is 0 Å². The molecule has 0 unspecified atom stereocenters. The van der Waals surface area contributed by atoms with Crippen molar-refractivity contribution in [3.8, 4) is 0 Å². The molecule has 3 aromatic rings. The fraction of sp³-hybridized carbons (Fsp3) is 0.261. The van der Waals surface area contributed by atoms with Crippen molar-refractivity contribution >= 4 is 26.7 Å². The van der Waals surface area contributed by atoms with Crippen LogP contribution in [0.25, 0.3) is 10.8 Å². The lowest BCUT2D eigenvalue weighted by atomic mass is 10.1. The number of fused-ring (bicyclic) bond motifs is 1. The van der Waals surface area contributed by atoms with Crippen LogP contribution in [-0.2, 0) is 14.8 Å². The largest absolute Gasteiger partial charge is 0.348 e. The molecule has 3 aromatic carbocycles. The van der Waals surface area contributed by atoms with E-state index in [1.54, 1.807) is 12.1 Å². The van der Waals surface area contributed by atoms with Crippen molar-refractivity contribution in [1.82, 2.24) is 9.62 Å². The van der Waals surface area contributed by atoms with Crippen LogP contribution in [0.15, 0.2) is 77.7 Å². The number of sulfonamides is 1. The van der Waals surface area contributed by atoms with Gasteiger partial charge in [-0.25, -0.2) is 8.42 Å². The SMILES string of the molecule is C[C@@H](NC(=O)[C@H]1CCCN1S(=O)(=O)c1ccc2ccccc2c1)c1ccccc1. The minimum absolute atomic E-state index is 0.186. The molecule has 4 rings (SSSR count). The summed E-state index contributed by atoms with van der Waals surface area (Å²) in [6.07, 6.45) is 1.20. The number of nitrogens with one attached hydrogen (secondary N) is 1. The van der Waals surface area contributed by atoms with Gasteiger partial charge in [-0.2, -0.15) is 4.31 Å². The van der Waals surface area contributed by atoms with Crippen LogP contribution in [0.1, 0.15) is 31.4 Å². The van der Waals surface area contributed by atoms with Gasteiger partial charge in [0.05, 0.1) is 10.9 Å². The number of rotatable bonds is 5. The lowest BCUT2D eigenvalue weighted by Gasteiger charge is -2.25. The first-order valence-corrected chi connectivity index (χ1v) is 11.3. The van der Waals surface area contributed by atoms with Gasteiger partial charge in [-0.15, -0.1) is 0 Å². The third-order valence-electron chi connectivity index (χ3n) is 5.49. The van der Waals surface area contributed by atoms with Gasteiger partial charge in [-0.05, 0) is 48.2 Å². The monoisotopic (exact) mass is 408 g/mol. The third-order valence-corrected chi connectivity index (χ3v) is 7.40. The van der Waals surface area contributed by atoms with Gasteiger partial charge in [0.25, 0.3) is 0 Å². The van der Waals surface area contributed by atoms with Gasteiger partial charge in [0.2, 0.25) is 15.9 Å². The normalized spacial score (nSPS) is 18.6. The molecular weight excluding hydrogens is 384 g/mol. The Balaban J connectivity index is 1.57. The van der Waals surface area contributed by atoms with Crippen LogP contribution < -0.4 is 5.32 Å². The van der Waals surface area contributed by atoms with Crippen LogP contribution >= 0.6 is 0 Å². The molecule has 2 atom stereocenters. The second kappa shape index (κ2) is 7.97. The van der Waals surface area contributed by atoms with Crippen molar-refractivity contribution in [2.24, 2.45) is 0 Å². The Morgan fingerprint density at radius 2 is 1.69 bits per heavy atom. The Morgan fingerprint density at radius 1 is 1.00 bits per heavy atom. The molecular formula is C23H24N2O3S. The van der Waals surface area contributed by atoms with Gasteiger partial charge in [0, 0.05) is 6.54 Å². The molecule has 0 aliphatic carbocycles. The Labute approximate surface area is 171 Å². The Morgan fingerprint density at radius 3 is 2.45 bits per heavy atom. The fourth-order valence-electron chi connectivity index (χ4n) is 3.89. The van der Waals surface area contributed by atoms with E-state index < -0.39 is 16.1 Å². The van der Waals surface area contributed by atoms with Gasteiger partial charge >= 0.3 is 0 Å².